The summed E-state index contributed by atoms with van der Waals surface area (Å²) in [4.78, 5) is 1.18. The van der Waals surface area contributed by atoms with Gasteiger partial charge in [0, 0.05) is 18.1 Å². The van der Waals surface area contributed by atoms with E-state index in [2.05, 4.69) is 30.4 Å². The first-order chi connectivity index (χ1) is 9.91. The molecule has 1 spiro atoms. The van der Waals surface area contributed by atoms with Crippen molar-refractivity contribution in [3.05, 3.63) is 10.6 Å². The van der Waals surface area contributed by atoms with Gasteiger partial charge in [-0.15, -0.1) is 5.10 Å². The Morgan fingerprint density at radius 3 is 2.71 bits per heavy atom. The number of hydrogen-bond donors (Lipinski definition) is 1. The standard InChI is InChI=1S/C16H27N3OS/c1-15(2,3)14-13(21-19-18-14)12(17)11-6-9-20-16(10-11)7-4-5-8-16/h11-12H,4-10,17H2,1-3H3. The van der Waals surface area contributed by atoms with Crippen LogP contribution in [0.5, 0.6) is 0 Å². The molecule has 0 bridgehead atoms. The summed E-state index contributed by atoms with van der Waals surface area (Å²) in [6, 6.07) is 0.0561. The van der Waals surface area contributed by atoms with Gasteiger partial charge in [-0.1, -0.05) is 38.1 Å². The van der Waals surface area contributed by atoms with Crippen LogP contribution in [0.2, 0.25) is 0 Å². The predicted octanol–water partition coefficient (Wildman–Crippen LogP) is 3.57. The van der Waals surface area contributed by atoms with Crippen LogP contribution in [0.25, 0.3) is 0 Å². The Bertz CT molecular complexity index is 488. The maximum Gasteiger partial charge on any atom is 0.0857 e. The van der Waals surface area contributed by atoms with Crippen LogP contribution in [0.3, 0.4) is 0 Å². The molecule has 2 aliphatic rings. The number of aromatic nitrogens is 2. The van der Waals surface area contributed by atoms with Gasteiger partial charge in [0.2, 0.25) is 0 Å². The number of nitrogens with zero attached hydrogens (tertiary/aromatic N) is 2. The summed E-state index contributed by atoms with van der Waals surface area (Å²) in [5.41, 5.74) is 7.85. The monoisotopic (exact) mass is 309 g/mol. The molecule has 2 unspecified atom stereocenters. The molecule has 2 atom stereocenters. The van der Waals surface area contributed by atoms with Gasteiger partial charge in [0.1, 0.15) is 0 Å². The molecule has 2 N–H and O–H groups in total. The second-order valence-electron chi connectivity index (χ2n) is 7.75. The number of ether oxygens (including phenoxy) is 1. The Morgan fingerprint density at radius 1 is 1.33 bits per heavy atom. The molecule has 2 heterocycles. The molecule has 1 aliphatic heterocycles. The van der Waals surface area contributed by atoms with Crippen LogP contribution >= 0.6 is 11.5 Å². The minimum atomic E-state index is 0.0101. The first-order valence-electron chi connectivity index (χ1n) is 8.14. The normalized spacial score (nSPS) is 27.1. The summed E-state index contributed by atoms with van der Waals surface area (Å²) >= 11 is 1.48. The van der Waals surface area contributed by atoms with Crippen LogP contribution in [0, 0.1) is 5.92 Å². The molecule has 5 heteroatoms. The smallest absolute Gasteiger partial charge is 0.0857 e. The van der Waals surface area contributed by atoms with Crippen molar-refractivity contribution in [3.8, 4) is 0 Å². The molecule has 1 aromatic heterocycles. The van der Waals surface area contributed by atoms with Crippen molar-refractivity contribution in [3.63, 3.8) is 0 Å². The van der Waals surface area contributed by atoms with Gasteiger partial charge in [-0.05, 0) is 43.1 Å². The summed E-state index contributed by atoms with van der Waals surface area (Å²) in [6.45, 7) is 7.41. The van der Waals surface area contributed by atoms with Crippen LogP contribution in [-0.2, 0) is 10.2 Å². The zero-order valence-corrected chi connectivity index (χ0v) is 14.2. The van der Waals surface area contributed by atoms with Gasteiger partial charge in [-0.25, -0.2) is 0 Å². The molecule has 2 fully saturated rings. The Labute approximate surface area is 131 Å². The second kappa shape index (κ2) is 5.60. The lowest BCUT2D eigenvalue weighted by molar-refractivity contribution is -0.0962. The van der Waals surface area contributed by atoms with E-state index >= 15 is 0 Å². The third-order valence-corrected chi connectivity index (χ3v) is 5.91. The van der Waals surface area contributed by atoms with E-state index in [-0.39, 0.29) is 17.1 Å². The minimum Gasteiger partial charge on any atom is -0.375 e. The number of rotatable bonds is 2. The average molecular weight is 309 g/mol. The molecular formula is C16H27N3OS. The van der Waals surface area contributed by atoms with E-state index in [0.29, 0.717) is 5.92 Å². The summed E-state index contributed by atoms with van der Waals surface area (Å²) in [7, 11) is 0. The predicted molar refractivity (Wildman–Crippen MR) is 85.4 cm³/mol. The van der Waals surface area contributed by atoms with Crippen molar-refractivity contribution in [2.75, 3.05) is 6.61 Å². The minimum absolute atomic E-state index is 0.0101. The van der Waals surface area contributed by atoms with E-state index in [4.69, 9.17) is 10.5 Å². The average Bonchev–Trinajstić information content (AvgIpc) is 3.07. The lowest BCUT2D eigenvalue weighted by Crippen LogP contribution is -2.41. The van der Waals surface area contributed by atoms with Crippen molar-refractivity contribution >= 4 is 11.5 Å². The molecule has 1 aromatic rings. The van der Waals surface area contributed by atoms with E-state index in [1.165, 1.54) is 42.1 Å². The Kier molecular flexibility index (Phi) is 4.10. The molecule has 0 radical (unpaired) electrons. The van der Waals surface area contributed by atoms with E-state index < -0.39 is 0 Å². The first-order valence-corrected chi connectivity index (χ1v) is 8.91. The lowest BCUT2D eigenvalue weighted by atomic mass is 9.79. The first kappa shape index (κ1) is 15.4. The molecule has 3 rings (SSSR count). The van der Waals surface area contributed by atoms with Crippen LogP contribution < -0.4 is 5.73 Å². The highest BCUT2D eigenvalue weighted by atomic mass is 32.1. The van der Waals surface area contributed by atoms with Gasteiger partial charge in [-0.3, -0.25) is 0 Å². The van der Waals surface area contributed by atoms with Crippen LogP contribution in [0.4, 0.5) is 0 Å². The van der Waals surface area contributed by atoms with E-state index in [9.17, 15) is 0 Å². The van der Waals surface area contributed by atoms with Gasteiger partial charge < -0.3 is 10.5 Å². The van der Waals surface area contributed by atoms with E-state index in [0.717, 1.165) is 25.1 Å². The SMILES string of the molecule is CC(C)(C)c1nnsc1C(N)C1CCOC2(CCCC2)C1. The van der Waals surface area contributed by atoms with Gasteiger partial charge >= 0.3 is 0 Å². The van der Waals surface area contributed by atoms with Crippen molar-refractivity contribution in [1.29, 1.82) is 0 Å². The molecule has 1 saturated heterocycles. The Morgan fingerprint density at radius 2 is 2.05 bits per heavy atom. The largest absolute Gasteiger partial charge is 0.375 e. The molecule has 1 saturated carbocycles. The summed E-state index contributed by atoms with van der Waals surface area (Å²) < 4.78 is 10.3. The van der Waals surface area contributed by atoms with Gasteiger partial charge in [-0.2, -0.15) is 0 Å². The lowest BCUT2D eigenvalue weighted by Gasteiger charge is -2.40. The van der Waals surface area contributed by atoms with Crippen molar-refractivity contribution in [2.24, 2.45) is 11.7 Å². The molecule has 1 aliphatic carbocycles. The maximum absolute atomic E-state index is 6.64. The van der Waals surface area contributed by atoms with Gasteiger partial charge in [0.25, 0.3) is 0 Å². The van der Waals surface area contributed by atoms with Gasteiger partial charge in [0.15, 0.2) is 0 Å². The van der Waals surface area contributed by atoms with Crippen LogP contribution in [0.1, 0.15) is 75.9 Å². The quantitative estimate of drug-likeness (QED) is 0.907. The zero-order valence-electron chi connectivity index (χ0n) is 13.4. The molecule has 21 heavy (non-hydrogen) atoms. The second-order valence-corrected chi connectivity index (χ2v) is 8.54. The molecule has 4 nitrogen and oxygen atoms in total. The maximum atomic E-state index is 6.64. The number of nitrogens with two attached hydrogens (primary N) is 1. The highest BCUT2D eigenvalue weighted by Crippen LogP contribution is 2.46. The topological polar surface area (TPSA) is 61.0 Å². The fourth-order valence-corrected chi connectivity index (χ4v) is 4.85. The fraction of sp³-hybridized carbons (Fsp3) is 0.875. The van der Waals surface area contributed by atoms with E-state index in [1.54, 1.807) is 0 Å². The van der Waals surface area contributed by atoms with E-state index in [1.807, 2.05) is 0 Å². The molecule has 118 valence electrons. The van der Waals surface area contributed by atoms with Crippen LogP contribution in [0.15, 0.2) is 0 Å². The van der Waals surface area contributed by atoms with Crippen molar-refractivity contribution in [1.82, 2.24) is 9.59 Å². The number of hydrogen-bond acceptors (Lipinski definition) is 5. The molecular weight excluding hydrogens is 282 g/mol. The fourth-order valence-electron chi connectivity index (χ4n) is 3.89. The zero-order chi connectivity index (χ0) is 15.1. The van der Waals surface area contributed by atoms with Crippen molar-refractivity contribution in [2.45, 2.75) is 76.4 Å². The summed E-state index contributed by atoms with van der Waals surface area (Å²) in [6.07, 6.45) is 7.20. The van der Waals surface area contributed by atoms with Crippen LogP contribution in [-0.4, -0.2) is 21.8 Å². The van der Waals surface area contributed by atoms with Crippen molar-refractivity contribution < 1.29 is 4.74 Å². The summed E-state index contributed by atoms with van der Waals surface area (Å²) in [5.74, 6) is 0.500. The molecule has 0 aromatic carbocycles. The Balaban J connectivity index is 1.79. The highest BCUT2D eigenvalue weighted by Gasteiger charge is 2.42. The summed E-state index contributed by atoms with van der Waals surface area (Å²) in [5, 5.41) is 4.35. The molecule has 0 amide bonds. The Hall–Kier alpha value is -0.520. The highest BCUT2D eigenvalue weighted by molar-refractivity contribution is 7.05. The van der Waals surface area contributed by atoms with Gasteiger partial charge in [0.05, 0.1) is 16.2 Å². The third-order valence-electron chi connectivity index (χ3n) is 5.08. The third kappa shape index (κ3) is 3.01.